The van der Waals surface area contributed by atoms with Gasteiger partial charge in [0.2, 0.25) is 0 Å². The highest BCUT2D eigenvalue weighted by atomic mass is 32.1. The first-order valence-electron chi connectivity index (χ1n) is 8.40. The van der Waals surface area contributed by atoms with Gasteiger partial charge in [-0.2, -0.15) is 10.2 Å². The van der Waals surface area contributed by atoms with Crippen molar-refractivity contribution >= 4 is 23.0 Å². The quantitative estimate of drug-likeness (QED) is 0.550. The molecule has 0 aliphatic rings. The summed E-state index contributed by atoms with van der Waals surface area (Å²) < 4.78 is 16.8. The number of rotatable bonds is 4. The van der Waals surface area contributed by atoms with Crippen molar-refractivity contribution in [3.8, 4) is 0 Å². The molecule has 2 aromatic heterocycles. The monoisotopic (exact) mass is 381 g/mol. The van der Waals surface area contributed by atoms with Crippen LogP contribution in [0.2, 0.25) is 0 Å². The molecule has 136 valence electrons. The Hall–Kier alpha value is -3.13. The third kappa shape index (κ3) is 3.19. The van der Waals surface area contributed by atoms with Crippen molar-refractivity contribution in [3.05, 3.63) is 87.1 Å². The van der Waals surface area contributed by atoms with Crippen LogP contribution in [-0.2, 0) is 6.54 Å². The Labute approximate surface area is 158 Å². The molecule has 0 spiro atoms. The SMILES string of the molecule is C[C@H](c1ccc(F)cc1)n1c(Cn2ncc3ccccc3c2=O)n[nH]c1=S. The van der Waals surface area contributed by atoms with Crippen molar-refractivity contribution in [3.63, 3.8) is 0 Å². The van der Waals surface area contributed by atoms with Crippen molar-refractivity contribution in [1.82, 2.24) is 24.5 Å². The third-order valence-electron chi connectivity index (χ3n) is 4.57. The highest BCUT2D eigenvalue weighted by molar-refractivity contribution is 7.71. The number of halogens is 1. The van der Waals surface area contributed by atoms with Gasteiger partial charge in [0.05, 0.1) is 17.6 Å². The zero-order valence-corrected chi connectivity index (χ0v) is 15.3. The normalized spacial score (nSPS) is 12.4. The zero-order valence-electron chi connectivity index (χ0n) is 14.5. The van der Waals surface area contributed by atoms with Crippen LogP contribution in [0.1, 0.15) is 24.4 Å². The van der Waals surface area contributed by atoms with Crippen LogP contribution >= 0.6 is 12.2 Å². The van der Waals surface area contributed by atoms with Gasteiger partial charge in [-0.1, -0.05) is 30.3 Å². The molecule has 1 atom stereocenters. The zero-order chi connectivity index (χ0) is 19.0. The van der Waals surface area contributed by atoms with E-state index in [1.165, 1.54) is 16.8 Å². The lowest BCUT2D eigenvalue weighted by molar-refractivity contribution is 0.544. The first kappa shape index (κ1) is 17.3. The number of H-pyrrole nitrogens is 1. The Kier molecular flexibility index (Phi) is 4.41. The van der Waals surface area contributed by atoms with Crippen LogP contribution < -0.4 is 5.56 Å². The van der Waals surface area contributed by atoms with Gasteiger partial charge in [0, 0.05) is 5.39 Å². The minimum atomic E-state index is -0.297. The largest absolute Gasteiger partial charge is 0.295 e. The molecular formula is C19H16FN5OS. The topological polar surface area (TPSA) is 68.5 Å². The molecule has 0 saturated heterocycles. The molecule has 4 aromatic rings. The van der Waals surface area contributed by atoms with E-state index in [-0.39, 0.29) is 24.0 Å². The van der Waals surface area contributed by atoms with Crippen molar-refractivity contribution in [2.24, 2.45) is 0 Å². The van der Waals surface area contributed by atoms with E-state index in [2.05, 4.69) is 15.3 Å². The minimum Gasteiger partial charge on any atom is -0.295 e. The van der Waals surface area contributed by atoms with Crippen LogP contribution in [0.15, 0.2) is 59.5 Å². The summed E-state index contributed by atoms with van der Waals surface area (Å²) in [4.78, 5) is 12.7. The summed E-state index contributed by atoms with van der Waals surface area (Å²) in [6.45, 7) is 2.11. The van der Waals surface area contributed by atoms with Crippen molar-refractivity contribution in [2.75, 3.05) is 0 Å². The van der Waals surface area contributed by atoms with Gasteiger partial charge < -0.3 is 0 Å². The van der Waals surface area contributed by atoms with E-state index in [0.29, 0.717) is 16.0 Å². The van der Waals surface area contributed by atoms with Crippen LogP contribution in [0.4, 0.5) is 4.39 Å². The van der Waals surface area contributed by atoms with Gasteiger partial charge in [-0.3, -0.25) is 14.5 Å². The maximum Gasteiger partial charge on any atom is 0.275 e. The second kappa shape index (κ2) is 6.88. The lowest BCUT2D eigenvalue weighted by Gasteiger charge is -2.16. The summed E-state index contributed by atoms with van der Waals surface area (Å²) >= 11 is 5.36. The standard InChI is InChI=1S/C19H16FN5OS/c1-12(13-6-8-15(20)9-7-13)25-17(22-23-19(25)27)11-24-18(26)16-5-3-2-4-14(16)10-21-24/h2-10,12H,11H2,1H3,(H,23,27)/t12-/m1/s1. The molecule has 2 heterocycles. The summed E-state index contributed by atoms with van der Waals surface area (Å²) in [6, 6.07) is 13.4. The molecule has 0 amide bonds. The molecule has 0 unspecified atom stereocenters. The minimum absolute atomic E-state index is 0.169. The number of aromatic amines is 1. The lowest BCUT2D eigenvalue weighted by atomic mass is 10.1. The van der Waals surface area contributed by atoms with E-state index in [4.69, 9.17) is 12.2 Å². The van der Waals surface area contributed by atoms with E-state index in [9.17, 15) is 9.18 Å². The Morgan fingerprint density at radius 1 is 1.19 bits per heavy atom. The first-order chi connectivity index (χ1) is 13.0. The van der Waals surface area contributed by atoms with E-state index in [0.717, 1.165) is 10.9 Å². The number of aromatic nitrogens is 5. The van der Waals surface area contributed by atoms with Gasteiger partial charge in [-0.05, 0) is 42.9 Å². The van der Waals surface area contributed by atoms with Gasteiger partial charge in [0.1, 0.15) is 12.4 Å². The van der Waals surface area contributed by atoms with E-state index in [1.54, 1.807) is 24.4 Å². The lowest BCUT2D eigenvalue weighted by Crippen LogP contribution is -2.25. The Balaban J connectivity index is 1.74. The van der Waals surface area contributed by atoms with Gasteiger partial charge in [0.15, 0.2) is 10.6 Å². The Morgan fingerprint density at radius 2 is 1.93 bits per heavy atom. The second-order valence-electron chi connectivity index (χ2n) is 6.24. The number of benzene rings is 2. The number of hydrogen-bond acceptors (Lipinski definition) is 4. The molecule has 0 bridgehead atoms. The number of hydrogen-bond donors (Lipinski definition) is 1. The van der Waals surface area contributed by atoms with Crippen LogP contribution in [0, 0.1) is 10.6 Å². The maximum atomic E-state index is 13.2. The Morgan fingerprint density at radius 3 is 2.70 bits per heavy atom. The van der Waals surface area contributed by atoms with E-state index < -0.39 is 0 Å². The molecule has 2 aromatic carbocycles. The van der Waals surface area contributed by atoms with Gasteiger partial charge in [-0.25, -0.2) is 9.07 Å². The first-order valence-corrected chi connectivity index (χ1v) is 8.81. The number of nitrogens with one attached hydrogen (secondary N) is 1. The molecule has 0 aliphatic carbocycles. The number of nitrogens with zero attached hydrogens (tertiary/aromatic N) is 4. The highest BCUT2D eigenvalue weighted by Gasteiger charge is 2.16. The molecular weight excluding hydrogens is 365 g/mol. The smallest absolute Gasteiger partial charge is 0.275 e. The fourth-order valence-corrected chi connectivity index (χ4v) is 3.42. The van der Waals surface area contributed by atoms with Crippen molar-refractivity contribution in [1.29, 1.82) is 0 Å². The predicted molar refractivity (Wildman–Crippen MR) is 103 cm³/mol. The molecule has 0 aliphatic heterocycles. The number of fused-ring (bicyclic) bond motifs is 1. The highest BCUT2D eigenvalue weighted by Crippen LogP contribution is 2.20. The van der Waals surface area contributed by atoms with Crippen LogP contribution in [0.25, 0.3) is 10.8 Å². The molecule has 1 N–H and O–H groups in total. The molecule has 0 fully saturated rings. The summed E-state index contributed by atoms with van der Waals surface area (Å²) in [7, 11) is 0. The summed E-state index contributed by atoms with van der Waals surface area (Å²) in [5.41, 5.74) is 0.692. The molecule has 8 heteroatoms. The van der Waals surface area contributed by atoms with Crippen LogP contribution in [-0.4, -0.2) is 24.5 Å². The fourth-order valence-electron chi connectivity index (χ4n) is 3.11. The summed E-state index contributed by atoms with van der Waals surface area (Å²) in [5.74, 6) is 0.274. The molecule has 6 nitrogen and oxygen atoms in total. The van der Waals surface area contributed by atoms with E-state index in [1.807, 2.05) is 29.7 Å². The molecule has 4 rings (SSSR count). The van der Waals surface area contributed by atoms with E-state index >= 15 is 0 Å². The molecule has 0 radical (unpaired) electrons. The fraction of sp³-hybridized carbons (Fsp3) is 0.158. The van der Waals surface area contributed by atoms with Crippen molar-refractivity contribution < 1.29 is 4.39 Å². The van der Waals surface area contributed by atoms with Crippen LogP contribution in [0.5, 0.6) is 0 Å². The Bertz CT molecular complexity index is 1230. The molecule has 0 saturated carbocycles. The second-order valence-corrected chi connectivity index (χ2v) is 6.62. The van der Waals surface area contributed by atoms with Gasteiger partial charge in [-0.15, -0.1) is 0 Å². The average Bonchev–Trinajstić information content (AvgIpc) is 3.04. The van der Waals surface area contributed by atoms with Gasteiger partial charge in [0.25, 0.3) is 5.56 Å². The summed E-state index contributed by atoms with van der Waals surface area (Å²) in [5, 5.41) is 12.7. The van der Waals surface area contributed by atoms with Crippen LogP contribution in [0.3, 0.4) is 0 Å². The molecule has 27 heavy (non-hydrogen) atoms. The third-order valence-corrected chi connectivity index (χ3v) is 4.86. The van der Waals surface area contributed by atoms with Crippen molar-refractivity contribution in [2.45, 2.75) is 19.5 Å². The maximum absolute atomic E-state index is 13.2. The predicted octanol–water partition coefficient (Wildman–Crippen LogP) is 3.45. The average molecular weight is 381 g/mol. The van der Waals surface area contributed by atoms with Gasteiger partial charge >= 0.3 is 0 Å². The summed E-state index contributed by atoms with van der Waals surface area (Å²) in [6.07, 6.45) is 1.66.